The maximum Gasteiger partial charge on any atom is 0.261 e. The molecule has 3 heterocycles. The van der Waals surface area contributed by atoms with Crippen LogP contribution in [-0.2, 0) is 25.7 Å². The minimum atomic E-state index is -0.941. The van der Waals surface area contributed by atoms with Crippen LogP contribution >= 0.6 is 23.1 Å². The van der Waals surface area contributed by atoms with Gasteiger partial charge in [-0.3, -0.25) is 28.9 Å². The first-order valence-electron chi connectivity index (χ1n) is 17.1. The normalized spacial score (nSPS) is 17.8. The van der Waals surface area contributed by atoms with Crippen LogP contribution in [0.5, 0.6) is 0 Å². The molecular formula is C37H45N5O7S2. The maximum absolute atomic E-state index is 14.0. The van der Waals surface area contributed by atoms with Crippen LogP contribution in [0.25, 0.3) is 10.4 Å². The standard InChI is InChI=1S/C37H45N5O7S2/c1-23-31(50-22-39-23)26-13-11-25(12-14-26)20-38-33(45)30-19-27(44)21-42(30)36(48)32(40-24(2)43)37(3,4)51-18-8-17-49-16-7-15-41-34(46)28-9-5-6-10-29(28)35(41)47/h5-6,9-14,22,27,30,32,44H,7-8,15-21H2,1-4H3,(H,38,45)(H,40,43)/t27-,30+,32-/m1/s1. The summed E-state index contributed by atoms with van der Waals surface area (Å²) < 4.78 is 5.01. The number of amides is 5. The molecule has 51 heavy (non-hydrogen) atoms. The van der Waals surface area contributed by atoms with Crippen molar-refractivity contribution in [2.24, 2.45) is 0 Å². The molecule has 272 valence electrons. The number of hydrogen-bond donors (Lipinski definition) is 3. The lowest BCUT2D eigenvalue weighted by Gasteiger charge is -2.37. The molecule has 0 aliphatic carbocycles. The average molecular weight is 736 g/mol. The van der Waals surface area contributed by atoms with E-state index in [0.717, 1.165) is 21.7 Å². The van der Waals surface area contributed by atoms with Crippen molar-refractivity contribution in [3.8, 4) is 10.4 Å². The second-order valence-electron chi connectivity index (χ2n) is 13.3. The van der Waals surface area contributed by atoms with Gasteiger partial charge in [-0.15, -0.1) is 11.3 Å². The number of thioether (sulfide) groups is 1. The van der Waals surface area contributed by atoms with Gasteiger partial charge in [-0.1, -0.05) is 36.4 Å². The van der Waals surface area contributed by atoms with E-state index >= 15 is 0 Å². The number of carbonyl (C=O) groups is 5. The number of nitrogens with one attached hydrogen (secondary N) is 2. The highest BCUT2D eigenvalue weighted by Gasteiger charge is 2.45. The van der Waals surface area contributed by atoms with Crippen LogP contribution < -0.4 is 10.6 Å². The minimum Gasteiger partial charge on any atom is -0.391 e. The Morgan fingerprint density at radius 1 is 1.06 bits per heavy atom. The van der Waals surface area contributed by atoms with Crippen LogP contribution in [0.4, 0.5) is 0 Å². The summed E-state index contributed by atoms with van der Waals surface area (Å²) in [6, 6.07) is 12.8. The highest BCUT2D eigenvalue weighted by atomic mass is 32.2. The number of aliphatic hydroxyl groups excluding tert-OH is 1. The third-order valence-electron chi connectivity index (χ3n) is 9.04. The number of thiazole rings is 1. The fourth-order valence-electron chi connectivity index (χ4n) is 6.32. The van der Waals surface area contributed by atoms with Gasteiger partial charge in [0.15, 0.2) is 0 Å². The van der Waals surface area contributed by atoms with E-state index in [1.54, 1.807) is 35.6 Å². The van der Waals surface area contributed by atoms with Crippen molar-refractivity contribution in [3.05, 3.63) is 76.4 Å². The molecule has 0 spiro atoms. The number of carbonyl (C=O) groups excluding carboxylic acids is 5. The number of ether oxygens (including phenoxy) is 1. The van der Waals surface area contributed by atoms with Crippen LogP contribution in [0.1, 0.15) is 72.0 Å². The first-order chi connectivity index (χ1) is 24.4. The predicted molar refractivity (Wildman–Crippen MR) is 196 cm³/mol. The van der Waals surface area contributed by atoms with Gasteiger partial charge >= 0.3 is 0 Å². The summed E-state index contributed by atoms with van der Waals surface area (Å²) >= 11 is 3.08. The highest BCUT2D eigenvalue weighted by molar-refractivity contribution is 8.00. The lowest BCUT2D eigenvalue weighted by atomic mass is 10.0. The number of aromatic nitrogens is 1. The molecule has 1 saturated heterocycles. The smallest absolute Gasteiger partial charge is 0.261 e. The lowest BCUT2D eigenvalue weighted by molar-refractivity contribution is -0.142. The van der Waals surface area contributed by atoms with Crippen molar-refractivity contribution < 1.29 is 33.8 Å². The second-order valence-corrected chi connectivity index (χ2v) is 15.9. The van der Waals surface area contributed by atoms with E-state index in [-0.39, 0.29) is 49.7 Å². The number of nitrogens with zero attached hydrogens (tertiary/aromatic N) is 3. The van der Waals surface area contributed by atoms with Crippen LogP contribution in [0.2, 0.25) is 0 Å². The Hall–Kier alpha value is -4.11. The van der Waals surface area contributed by atoms with E-state index in [9.17, 15) is 29.1 Å². The van der Waals surface area contributed by atoms with Gasteiger partial charge in [0.1, 0.15) is 12.1 Å². The molecule has 3 N–H and O–H groups in total. The van der Waals surface area contributed by atoms with Crippen LogP contribution in [0.3, 0.4) is 0 Å². The zero-order valence-corrected chi connectivity index (χ0v) is 31.0. The molecule has 0 radical (unpaired) electrons. The van der Waals surface area contributed by atoms with Gasteiger partial charge in [-0.05, 0) is 62.6 Å². The van der Waals surface area contributed by atoms with Crippen LogP contribution in [0, 0.1) is 6.92 Å². The Morgan fingerprint density at radius 2 is 1.73 bits per heavy atom. The van der Waals surface area contributed by atoms with Gasteiger partial charge in [-0.2, -0.15) is 11.8 Å². The number of benzene rings is 2. The van der Waals surface area contributed by atoms with Gasteiger partial charge in [0.05, 0.1) is 33.3 Å². The first-order valence-corrected chi connectivity index (χ1v) is 18.9. The summed E-state index contributed by atoms with van der Waals surface area (Å²) in [6.07, 6.45) is 0.417. The number of likely N-dealkylation sites (tertiary alicyclic amines) is 1. The maximum atomic E-state index is 14.0. The van der Waals surface area contributed by atoms with Crippen molar-refractivity contribution in [1.29, 1.82) is 0 Å². The van der Waals surface area contributed by atoms with E-state index in [2.05, 4.69) is 15.6 Å². The highest BCUT2D eigenvalue weighted by Crippen LogP contribution is 2.32. The van der Waals surface area contributed by atoms with Gasteiger partial charge in [0.2, 0.25) is 17.7 Å². The number of imide groups is 1. The molecule has 2 aromatic carbocycles. The zero-order chi connectivity index (χ0) is 36.7. The number of β-amino-alcohol motifs (C(OH)–C–C–N with tert-alkyl or cyclic N) is 1. The van der Waals surface area contributed by atoms with E-state index in [4.69, 9.17) is 4.74 Å². The number of hydrogen-bond acceptors (Lipinski definition) is 10. The van der Waals surface area contributed by atoms with E-state index in [0.29, 0.717) is 42.9 Å². The Kier molecular flexibility index (Phi) is 12.7. The third-order valence-corrected chi connectivity index (χ3v) is 11.5. The number of aliphatic hydroxyl groups is 1. The quantitative estimate of drug-likeness (QED) is 0.147. The second kappa shape index (κ2) is 16.9. The third kappa shape index (κ3) is 9.23. The topological polar surface area (TPSA) is 158 Å². The van der Waals surface area contributed by atoms with Crippen molar-refractivity contribution >= 4 is 52.6 Å². The first kappa shape index (κ1) is 38.1. The van der Waals surface area contributed by atoms with Crippen LogP contribution in [-0.4, -0.2) is 104 Å². The summed E-state index contributed by atoms with van der Waals surface area (Å²) in [4.78, 5) is 72.8. The molecule has 12 nitrogen and oxygen atoms in total. The molecule has 5 amide bonds. The summed E-state index contributed by atoms with van der Waals surface area (Å²) in [7, 11) is 0. The predicted octanol–water partition coefficient (Wildman–Crippen LogP) is 3.81. The Labute approximate surface area is 306 Å². The molecule has 5 rings (SSSR count). The average Bonchev–Trinajstić information content (AvgIpc) is 3.79. The molecule has 2 aliphatic rings. The minimum absolute atomic E-state index is 0.00873. The molecule has 2 aliphatic heterocycles. The Bertz CT molecular complexity index is 1710. The van der Waals surface area contributed by atoms with Crippen molar-refractivity contribution in [3.63, 3.8) is 0 Å². The van der Waals surface area contributed by atoms with Crippen molar-refractivity contribution in [2.75, 3.05) is 32.1 Å². The van der Waals surface area contributed by atoms with E-state index < -0.39 is 28.8 Å². The molecule has 0 bridgehead atoms. The fourth-order valence-corrected chi connectivity index (χ4v) is 8.24. The Balaban J connectivity index is 1.08. The monoisotopic (exact) mass is 735 g/mol. The molecule has 14 heteroatoms. The fraction of sp³-hybridized carbons (Fsp3) is 0.459. The molecule has 3 aromatic rings. The van der Waals surface area contributed by atoms with Gasteiger partial charge in [0, 0.05) is 50.9 Å². The molecule has 1 fully saturated rings. The summed E-state index contributed by atoms with van der Waals surface area (Å²) in [5, 5.41) is 16.3. The van der Waals surface area contributed by atoms with Gasteiger partial charge in [0.25, 0.3) is 11.8 Å². The van der Waals surface area contributed by atoms with Gasteiger partial charge < -0.3 is 25.4 Å². The molecule has 3 atom stereocenters. The number of rotatable bonds is 16. The number of aryl methyl sites for hydroxylation is 1. The molecule has 0 unspecified atom stereocenters. The summed E-state index contributed by atoms with van der Waals surface area (Å²) in [6.45, 7) is 8.41. The Morgan fingerprint density at radius 3 is 2.35 bits per heavy atom. The molecule has 0 saturated carbocycles. The summed E-state index contributed by atoms with van der Waals surface area (Å²) in [5.41, 5.74) is 5.58. The van der Waals surface area contributed by atoms with Crippen molar-refractivity contribution in [2.45, 2.75) is 76.4 Å². The van der Waals surface area contributed by atoms with E-state index in [1.807, 2.05) is 50.5 Å². The SMILES string of the molecule is CC(=O)N[C@H](C(=O)N1C[C@H](O)C[C@H]1C(=O)NCc1ccc(-c2scnc2C)cc1)C(C)(C)SCCCOCCCN1C(=O)c2ccccc2C1=O. The molecular weight excluding hydrogens is 691 g/mol. The van der Waals surface area contributed by atoms with E-state index in [1.165, 1.54) is 28.5 Å². The summed E-state index contributed by atoms with van der Waals surface area (Å²) in [5.74, 6) is -1.10. The van der Waals surface area contributed by atoms with Crippen LogP contribution in [0.15, 0.2) is 54.0 Å². The van der Waals surface area contributed by atoms with Crippen molar-refractivity contribution in [1.82, 2.24) is 25.4 Å². The number of fused-ring (bicyclic) bond motifs is 1. The molecule has 1 aromatic heterocycles. The van der Waals surface area contributed by atoms with Gasteiger partial charge in [-0.25, -0.2) is 4.98 Å². The zero-order valence-electron chi connectivity index (χ0n) is 29.3. The largest absolute Gasteiger partial charge is 0.391 e. The lowest BCUT2D eigenvalue weighted by Crippen LogP contribution is -2.59.